The SMILES string of the molecule is CCOC(CCNC(=NC)NC1CCN(C(=O)C(C)C)CC1)C(C)C. The molecule has 0 aliphatic carbocycles. The molecule has 1 aliphatic rings. The molecule has 1 saturated heterocycles. The molecule has 0 spiro atoms. The third kappa shape index (κ3) is 7.63. The highest BCUT2D eigenvalue weighted by molar-refractivity contribution is 5.80. The second-order valence-electron chi connectivity index (χ2n) is 7.42. The maximum Gasteiger partial charge on any atom is 0.225 e. The van der Waals surface area contributed by atoms with Gasteiger partial charge in [0.25, 0.3) is 0 Å². The summed E-state index contributed by atoms with van der Waals surface area (Å²) in [6, 6.07) is 0.371. The van der Waals surface area contributed by atoms with Crippen molar-refractivity contribution in [1.82, 2.24) is 15.5 Å². The van der Waals surface area contributed by atoms with Crippen LogP contribution in [0.15, 0.2) is 4.99 Å². The van der Waals surface area contributed by atoms with E-state index < -0.39 is 0 Å². The van der Waals surface area contributed by atoms with E-state index in [1.165, 1.54) is 0 Å². The molecule has 2 N–H and O–H groups in total. The average molecular weight is 355 g/mol. The van der Waals surface area contributed by atoms with Crippen LogP contribution in [0.25, 0.3) is 0 Å². The largest absolute Gasteiger partial charge is 0.378 e. The van der Waals surface area contributed by atoms with Gasteiger partial charge in [0.1, 0.15) is 0 Å². The molecule has 1 amide bonds. The first-order valence-corrected chi connectivity index (χ1v) is 9.76. The Morgan fingerprint density at radius 2 is 1.88 bits per heavy atom. The normalized spacial score (nSPS) is 17.9. The summed E-state index contributed by atoms with van der Waals surface area (Å²) in [5, 5.41) is 6.88. The minimum absolute atomic E-state index is 0.0817. The molecule has 146 valence electrons. The first kappa shape index (κ1) is 21.7. The summed E-state index contributed by atoms with van der Waals surface area (Å²) in [7, 11) is 1.80. The Bertz CT molecular complexity index is 416. The van der Waals surface area contributed by atoms with Crippen LogP contribution in [0.4, 0.5) is 0 Å². The summed E-state index contributed by atoms with van der Waals surface area (Å²) >= 11 is 0. The first-order valence-electron chi connectivity index (χ1n) is 9.76. The highest BCUT2D eigenvalue weighted by Crippen LogP contribution is 2.13. The van der Waals surface area contributed by atoms with Crippen LogP contribution in [-0.4, -0.2) is 62.2 Å². The van der Waals surface area contributed by atoms with E-state index in [2.05, 4.69) is 29.5 Å². The van der Waals surface area contributed by atoms with Gasteiger partial charge in [-0.05, 0) is 32.1 Å². The van der Waals surface area contributed by atoms with Crippen LogP contribution < -0.4 is 10.6 Å². The molecule has 1 rings (SSSR count). The number of hydrogen-bond donors (Lipinski definition) is 2. The van der Waals surface area contributed by atoms with Crippen molar-refractivity contribution in [1.29, 1.82) is 0 Å². The van der Waals surface area contributed by atoms with Crippen molar-refractivity contribution >= 4 is 11.9 Å². The van der Waals surface area contributed by atoms with Crippen LogP contribution in [0.1, 0.15) is 53.9 Å². The fraction of sp³-hybridized carbons (Fsp3) is 0.895. The number of carbonyl (C=O) groups excluding carboxylic acids is 1. The maximum absolute atomic E-state index is 12.1. The fourth-order valence-electron chi connectivity index (χ4n) is 3.15. The van der Waals surface area contributed by atoms with Crippen molar-refractivity contribution in [2.45, 2.75) is 66.0 Å². The van der Waals surface area contributed by atoms with E-state index in [-0.39, 0.29) is 17.9 Å². The molecule has 1 fully saturated rings. The number of nitrogens with zero attached hydrogens (tertiary/aromatic N) is 2. The Hall–Kier alpha value is -1.30. The zero-order chi connectivity index (χ0) is 18.8. The van der Waals surface area contributed by atoms with Gasteiger partial charge < -0.3 is 20.3 Å². The number of guanidine groups is 1. The van der Waals surface area contributed by atoms with Gasteiger partial charge >= 0.3 is 0 Å². The molecular weight excluding hydrogens is 316 g/mol. The van der Waals surface area contributed by atoms with Crippen molar-refractivity contribution in [2.24, 2.45) is 16.8 Å². The van der Waals surface area contributed by atoms with E-state index in [4.69, 9.17) is 4.74 Å². The van der Waals surface area contributed by atoms with Gasteiger partial charge in [0.05, 0.1) is 6.10 Å². The molecule has 0 aromatic rings. The summed E-state index contributed by atoms with van der Waals surface area (Å²) in [5.41, 5.74) is 0. The van der Waals surface area contributed by atoms with Crippen molar-refractivity contribution in [3.63, 3.8) is 0 Å². The van der Waals surface area contributed by atoms with Gasteiger partial charge in [0.15, 0.2) is 5.96 Å². The van der Waals surface area contributed by atoms with Crippen LogP contribution >= 0.6 is 0 Å². The number of carbonyl (C=O) groups is 1. The van der Waals surface area contributed by atoms with E-state index >= 15 is 0 Å². The lowest BCUT2D eigenvalue weighted by molar-refractivity contribution is -0.135. The molecule has 1 unspecified atom stereocenters. The molecule has 0 aromatic carbocycles. The molecule has 0 bridgehead atoms. The number of ether oxygens (including phenoxy) is 1. The number of amides is 1. The van der Waals surface area contributed by atoms with E-state index in [1.54, 1.807) is 7.05 Å². The van der Waals surface area contributed by atoms with Gasteiger partial charge in [0, 0.05) is 45.2 Å². The zero-order valence-electron chi connectivity index (χ0n) is 17.0. The van der Waals surface area contributed by atoms with Gasteiger partial charge in [-0.3, -0.25) is 9.79 Å². The van der Waals surface area contributed by atoms with Crippen LogP contribution in [0.5, 0.6) is 0 Å². The third-order valence-corrected chi connectivity index (χ3v) is 4.71. The highest BCUT2D eigenvalue weighted by atomic mass is 16.5. The van der Waals surface area contributed by atoms with Crippen molar-refractivity contribution in [2.75, 3.05) is 33.3 Å². The topological polar surface area (TPSA) is 66.0 Å². The predicted octanol–water partition coefficient (Wildman–Crippen LogP) is 2.25. The standard InChI is InChI=1S/C19H38N4O2/c1-7-25-17(14(2)3)8-11-21-19(20-6)22-16-9-12-23(13-10-16)18(24)15(4)5/h14-17H,7-13H2,1-6H3,(H2,20,21,22). The van der Waals surface area contributed by atoms with Gasteiger partial charge in [-0.1, -0.05) is 27.7 Å². The van der Waals surface area contributed by atoms with Crippen LogP contribution in [0, 0.1) is 11.8 Å². The van der Waals surface area contributed by atoms with E-state index in [0.29, 0.717) is 12.0 Å². The number of aliphatic imine (C=N–C) groups is 1. The molecule has 25 heavy (non-hydrogen) atoms. The van der Waals surface area contributed by atoms with Gasteiger partial charge in [0.2, 0.25) is 5.91 Å². The molecule has 1 heterocycles. The lowest BCUT2D eigenvalue weighted by Crippen LogP contribution is -2.50. The van der Waals surface area contributed by atoms with Crippen LogP contribution in [-0.2, 0) is 9.53 Å². The van der Waals surface area contributed by atoms with Gasteiger partial charge in [-0.25, -0.2) is 0 Å². The number of hydrogen-bond acceptors (Lipinski definition) is 3. The Morgan fingerprint density at radius 1 is 1.24 bits per heavy atom. The Kier molecular flexibility index (Phi) is 9.86. The molecule has 1 atom stereocenters. The van der Waals surface area contributed by atoms with Crippen molar-refractivity contribution in [3.8, 4) is 0 Å². The molecule has 0 aromatic heterocycles. The Morgan fingerprint density at radius 3 is 2.36 bits per heavy atom. The van der Waals surface area contributed by atoms with Crippen molar-refractivity contribution < 1.29 is 9.53 Å². The minimum atomic E-state index is 0.0817. The molecule has 6 heteroatoms. The summed E-state index contributed by atoms with van der Waals surface area (Å²) in [4.78, 5) is 18.4. The average Bonchev–Trinajstić information content (AvgIpc) is 2.59. The predicted molar refractivity (Wildman–Crippen MR) is 104 cm³/mol. The lowest BCUT2D eigenvalue weighted by atomic mass is 10.0. The first-order chi connectivity index (χ1) is 11.9. The third-order valence-electron chi connectivity index (χ3n) is 4.71. The Balaban J connectivity index is 2.34. The number of piperidine rings is 1. The number of nitrogens with one attached hydrogen (secondary N) is 2. The summed E-state index contributed by atoms with van der Waals surface area (Å²) in [6.07, 6.45) is 3.17. The molecule has 0 saturated carbocycles. The second-order valence-corrected chi connectivity index (χ2v) is 7.42. The van der Waals surface area contributed by atoms with Crippen LogP contribution in [0.2, 0.25) is 0 Å². The number of likely N-dealkylation sites (tertiary alicyclic amines) is 1. The maximum atomic E-state index is 12.1. The van der Waals surface area contributed by atoms with E-state index in [9.17, 15) is 4.79 Å². The van der Waals surface area contributed by atoms with Gasteiger partial charge in [-0.2, -0.15) is 0 Å². The molecular formula is C19H38N4O2. The second kappa shape index (κ2) is 11.3. The van der Waals surface area contributed by atoms with Gasteiger partial charge in [-0.15, -0.1) is 0 Å². The fourth-order valence-corrected chi connectivity index (χ4v) is 3.15. The summed E-state index contributed by atoms with van der Waals surface area (Å²) < 4.78 is 5.78. The molecule has 6 nitrogen and oxygen atoms in total. The van der Waals surface area contributed by atoms with E-state index in [0.717, 1.165) is 51.5 Å². The van der Waals surface area contributed by atoms with Crippen LogP contribution in [0.3, 0.4) is 0 Å². The molecule has 1 aliphatic heterocycles. The van der Waals surface area contributed by atoms with Crippen molar-refractivity contribution in [3.05, 3.63) is 0 Å². The summed E-state index contributed by atoms with van der Waals surface area (Å²) in [5.74, 6) is 1.70. The summed E-state index contributed by atoms with van der Waals surface area (Å²) in [6.45, 7) is 13.6. The quantitative estimate of drug-likeness (QED) is 0.518. The smallest absolute Gasteiger partial charge is 0.225 e. The molecule has 0 radical (unpaired) electrons. The van der Waals surface area contributed by atoms with E-state index in [1.807, 2.05) is 25.7 Å². The zero-order valence-corrected chi connectivity index (χ0v) is 17.0. The highest BCUT2D eigenvalue weighted by Gasteiger charge is 2.24. The minimum Gasteiger partial charge on any atom is -0.378 e. The monoisotopic (exact) mass is 354 g/mol. The number of rotatable bonds is 8. The lowest BCUT2D eigenvalue weighted by Gasteiger charge is -2.34. The Labute approximate surface area is 153 Å².